The molecule has 6 heteroatoms. The van der Waals surface area contributed by atoms with Crippen molar-refractivity contribution in [2.45, 2.75) is 40.2 Å². The Morgan fingerprint density at radius 1 is 1.00 bits per heavy atom. The van der Waals surface area contributed by atoms with Gasteiger partial charge in [0.2, 0.25) is 5.78 Å². The zero-order valence-corrected chi connectivity index (χ0v) is 19.4. The number of benzene rings is 2. The van der Waals surface area contributed by atoms with E-state index in [0.717, 1.165) is 48.7 Å². The highest BCUT2D eigenvalue weighted by Gasteiger charge is 2.44. The second-order valence-corrected chi connectivity index (χ2v) is 8.68. The fourth-order valence-electron chi connectivity index (χ4n) is 4.71. The summed E-state index contributed by atoms with van der Waals surface area (Å²) in [5.74, 6) is 2.20. The van der Waals surface area contributed by atoms with Crippen LogP contribution in [0.3, 0.4) is 0 Å². The van der Waals surface area contributed by atoms with E-state index in [1.165, 1.54) is 5.69 Å². The lowest BCUT2D eigenvalue weighted by molar-refractivity contribution is 0.0677. The van der Waals surface area contributed by atoms with Crippen molar-refractivity contribution >= 4 is 17.2 Å². The van der Waals surface area contributed by atoms with Crippen molar-refractivity contribution in [3.63, 3.8) is 0 Å². The standard InChI is InChI=1S/C25H32N2O4/c1-7-30-22-17(3)21(16(2)20-23(22)31-25(4,5)24(20)28)27-14-12-26(13-15-27)18-8-10-19(29-6)11-9-18/h8-11H,7,12-15H2,1-6H3. The maximum atomic E-state index is 13.1. The van der Waals surface area contributed by atoms with E-state index in [1.54, 1.807) is 7.11 Å². The van der Waals surface area contributed by atoms with E-state index in [1.807, 2.05) is 39.8 Å². The molecule has 4 rings (SSSR count). The number of fused-ring (bicyclic) bond motifs is 1. The number of hydrogen-bond acceptors (Lipinski definition) is 6. The predicted octanol–water partition coefficient (Wildman–Crippen LogP) is 4.39. The highest BCUT2D eigenvalue weighted by Crippen LogP contribution is 2.50. The van der Waals surface area contributed by atoms with Crippen LogP contribution in [0, 0.1) is 13.8 Å². The Labute approximate surface area is 184 Å². The third-order valence-electron chi connectivity index (χ3n) is 6.31. The minimum Gasteiger partial charge on any atom is -0.497 e. The van der Waals surface area contributed by atoms with Crippen molar-refractivity contribution < 1.29 is 19.0 Å². The lowest BCUT2D eigenvalue weighted by atomic mass is 9.92. The van der Waals surface area contributed by atoms with Crippen LogP contribution in [0.2, 0.25) is 0 Å². The van der Waals surface area contributed by atoms with Gasteiger partial charge in [0, 0.05) is 43.1 Å². The summed E-state index contributed by atoms with van der Waals surface area (Å²) in [6, 6.07) is 8.20. The first-order valence-electron chi connectivity index (χ1n) is 11.0. The first-order chi connectivity index (χ1) is 14.8. The summed E-state index contributed by atoms with van der Waals surface area (Å²) in [7, 11) is 1.68. The van der Waals surface area contributed by atoms with Crippen molar-refractivity contribution in [1.82, 2.24) is 0 Å². The molecule has 0 N–H and O–H groups in total. The third-order valence-corrected chi connectivity index (χ3v) is 6.31. The van der Waals surface area contributed by atoms with E-state index < -0.39 is 5.60 Å². The van der Waals surface area contributed by atoms with E-state index in [4.69, 9.17) is 14.2 Å². The van der Waals surface area contributed by atoms with Gasteiger partial charge in [-0.05, 0) is 64.4 Å². The first kappa shape index (κ1) is 21.3. The van der Waals surface area contributed by atoms with E-state index in [2.05, 4.69) is 28.9 Å². The van der Waals surface area contributed by atoms with Crippen LogP contribution in [-0.2, 0) is 0 Å². The van der Waals surface area contributed by atoms with Gasteiger partial charge < -0.3 is 24.0 Å². The molecule has 0 aromatic heterocycles. The van der Waals surface area contributed by atoms with Crippen molar-refractivity contribution in [2.75, 3.05) is 49.7 Å². The SMILES string of the molecule is CCOc1c(C)c(N2CCN(c3ccc(OC)cc3)CC2)c(C)c2c1OC(C)(C)C2=O. The molecule has 166 valence electrons. The molecule has 0 amide bonds. The summed E-state index contributed by atoms with van der Waals surface area (Å²) in [5, 5.41) is 0. The number of nitrogens with zero attached hydrogens (tertiary/aromatic N) is 2. The highest BCUT2D eigenvalue weighted by molar-refractivity contribution is 6.10. The Bertz CT molecular complexity index is 990. The van der Waals surface area contributed by atoms with Crippen LogP contribution in [0.5, 0.6) is 17.2 Å². The summed E-state index contributed by atoms with van der Waals surface area (Å²) in [6.07, 6.45) is 0. The molecule has 0 saturated carbocycles. The first-order valence-corrected chi connectivity index (χ1v) is 11.0. The summed E-state index contributed by atoms with van der Waals surface area (Å²) in [6.45, 7) is 13.8. The van der Waals surface area contributed by atoms with E-state index in [9.17, 15) is 4.79 Å². The highest BCUT2D eigenvalue weighted by atomic mass is 16.5. The fourth-order valence-corrected chi connectivity index (χ4v) is 4.71. The van der Waals surface area contributed by atoms with E-state index in [0.29, 0.717) is 23.7 Å². The maximum absolute atomic E-state index is 13.1. The summed E-state index contributed by atoms with van der Waals surface area (Å²) in [4.78, 5) is 17.9. The molecule has 1 saturated heterocycles. The lowest BCUT2D eigenvalue weighted by Gasteiger charge is -2.39. The molecule has 0 radical (unpaired) electrons. The van der Waals surface area contributed by atoms with Crippen molar-refractivity contribution in [1.29, 1.82) is 0 Å². The van der Waals surface area contributed by atoms with Crippen LogP contribution in [0.25, 0.3) is 0 Å². The van der Waals surface area contributed by atoms with Gasteiger partial charge >= 0.3 is 0 Å². The maximum Gasteiger partial charge on any atom is 0.209 e. The number of Topliss-reactive ketones (excluding diaryl/α,β-unsaturated/α-hetero) is 1. The van der Waals surface area contributed by atoms with Gasteiger partial charge in [0.15, 0.2) is 17.1 Å². The number of hydrogen-bond donors (Lipinski definition) is 0. The largest absolute Gasteiger partial charge is 0.497 e. The average molecular weight is 425 g/mol. The van der Waals surface area contributed by atoms with Crippen LogP contribution in [0.15, 0.2) is 24.3 Å². The summed E-state index contributed by atoms with van der Waals surface area (Å²) >= 11 is 0. The molecule has 2 aliphatic rings. The third kappa shape index (κ3) is 3.58. The molecule has 2 heterocycles. The number of piperazine rings is 1. The van der Waals surface area contributed by atoms with Gasteiger partial charge in [-0.25, -0.2) is 0 Å². The molecule has 2 aromatic rings. The number of carbonyl (C=O) groups excluding carboxylic acids is 1. The lowest BCUT2D eigenvalue weighted by Crippen LogP contribution is -2.47. The van der Waals surface area contributed by atoms with Gasteiger partial charge in [0.1, 0.15) is 5.75 Å². The second kappa shape index (κ2) is 7.98. The van der Waals surface area contributed by atoms with Crippen LogP contribution in [0.1, 0.15) is 42.3 Å². The Morgan fingerprint density at radius 3 is 2.19 bits per heavy atom. The molecule has 31 heavy (non-hydrogen) atoms. The normalized spacial score (nSPS) is 17.4. The molecule has 1 fully saturated rings. The van der Waals surface area contributed by atoms with Crippen LogP contribution >= 0.6 is 0 Å². The molecule has 0 atom stereocenters. The predicted molar refractivity (Wildman–Crippen MR) is 124 cm³/mol. The van der Waals surface area contributed by atoms with Crippen molar-refractivity contribution in [3.8, 4) is 17.2 Å². The van der Waals surface area contributed by atoms with Crippen molar-refractivity contribution in [2.24, 2.45) is 0 Å². The topological polar surface area (TPSA) is 51.2 Å². The number of carbonyl (C=O) groups is 1. The number of rotatable bonds is 5. The van der Waals surface area contributed by atoms with E-state index >= 15 is 0 Å². The minimum atomic E-state index is -0.864. The number of ether oxygens (including phenoxy) is 3. The van der Waals surface area contributed by atoms with Gasteiger partial charge in [-0.3, -0.25) is 4.79 Å². The van der Waals surface area contributed by atoms with Crippen LogP contribution in [-0.4, -0.2) is 51.3 Å². The molecule has 0 unspecified atom stereocenters. The molecule has 0 bridgehead atoms. The molecule has 6 nitrogen and oxygen atoms in total. The van der Waals surface area contributed by atoms with Crippen molar-refractivity contribution in [3.05, 3.63) is 41.0 Å². The summed E-state index contributed by atoms with van der Waals surface area (Å²) < 4.78 is 17.3. The Hall–Kier alpha value is -2.89. The molecular formula is C25H32N2O4. The minimum absolute atomic E-state index is 0.0269. The summed E-state index contributed by atoms with van der Waals surface area (Å²) in [5.41, 5.74) is 4.14. The van der Waals surface area contributed by atoms with Gasteiger partial charge in [-0.1, -0.05) is 0 Å². The van der Waals surface area contributed by atoms with Gasteiger partial charge in [-0.2, -0.15) is 0 Å². The molecule has 2 aromatic carbocycles. The average Bonchev–Trinajstić information content (AvgIpc) is 3.01. The molecule has 2 aliphatic heterocycles. The Balaban J connectivity index is 1.64. The zero-order chi connectivity index (χ0) is 22.3. The van der Waals surface area contributed by atoms with Gasteiger partial charge in [0.25, 0.3) is 0 Å². The van der Waals surface area contributed by atoms with E-state index in [-0.39, 0.29) is 5.78 Å². The second-order valence-electron chi connectivity index (χ2n) is 8.68. The molecule has 0 aliphatic carbocycles. The fraction of sp³-hybridized carbons (Fsp3) is 0.480. The molecular weight excluding hydrogens is 392 g/mol. The quantitative estimate of drug-likeness (QED) is 0.710. The Kier molecular flexibility index (Phi) is 5.50. The molecule has 0 spiro atoms. The van der Waals surface area contributed by atoms with Crippen LogP contribution in [0.4, 0.5) is 11.4 Å². The number of anilines is 2. The van der Waals surface area contributed by atoms with Gasteiger partial charge in [0.05, 0.1) is 19.3 Å². The van der Waals surface area contributed by atoms with Crippen LogP contribution < -0.4 is 24.0 Å². The van der Waals surface area contributed by atoms with Gasteiger partial charge in [-0.15, -0.1) is 0 Å². The zero-order valence-electron chi connectivity index (χ0n) is 19.4. The Morgan fingerprint density at radius 2 is 1.61 bits per heavy atom. The smallest absolute Gasteiger partial charge is 0.209 e. The monoisotopic (exact) mass is 424 g/mol. The number of methoxy groups -OCH3 is 1. The number of ketones is 1.